The first-order valence-electron chi connectivity index (χ1n) is 6.50. The van der Waals surface area contributed by atoms with Gasteiger partial charge in [-0.25, -0.2) is 0 Å². The van der Waals surface area contributed by atoms with Crippen LogP contribution in [0.2, 0.25) is 0 Å². The van der Waals surface area contributed by atoms with Crippen LogP contribution < -0.4 is 11.1 Å². The van der Waals surface area contributed by atoms with Gasteiger partial charge in [0.1, 0.15) is 0 Å². The van der Waals surface area contributed by atoms with Gasteiger partial charge >= 0.3 is 0 Å². The van der Waals surface area contributed by atoms with E-state index in [1.165, 1.54) is 0 Å². The summed E-state index contributed by atoms with van der Waals surface area (Å²) in [6.45, 7) is 8.75. The van der Waals surface area contributed by atoms with E-state index in [1.54, 1.807) is 0 Å². The Hall–Kier alpha value is -0.610. The van der Waals surface area contributed by atoms with E-state index in [4.69, 9.17) is 10.8 Å². The van der Waals surface area contributed by atoms with Gasteiger partial charge in [-0.1, -0.05) is 27.7 Å². The second kappa shape index (κ2) is 8.48. The zero-order valence-corrected chi connectivity index (χ0v) is 11.6. The first-order chi connectivity index (χ1) is 7.90. The molecule has 17 heavy (non-hydrogen) atoms. The van der Waals surface area contributed by atoms with Crippen molar-refractivity contribution in [3.05, 3.63) is 0 Å². The van der Waals surface area contributed by atoms with Gasteiger partial charge < -0.3 is 16.2 Å². The van der Waals surface area contributed by atoms with Crippen molar-refractivity contribution in [3.8, 4) is 0 Å². The maximum absolute atomic E-state index is 11.8. The molecule has 0 spiro atoms. The van der Waals surface area contributed by atoms with Gasteiger partial charge in [0.2, 0.25) is 5.91 Å². The van der Waals surface area contributed by atoms with Crippen LogP contribution in [0.1, 0.15) is 40.5 Å². The van der Waals surface area contributed by atoms with Crippen molar-refractivity contribution < 1.29 is 9.90 Å². The highest BCUT2D eigenvalue weighted by atomic mass is 16.3. The number of nitrogens with one attached hydrogen (secondary N) is 1. The van der Waals surface area contributed by atoms with Crippen LogP contribution in [0.25, 0.3) is 0 Å². The maximum atomic E-state index is 11.8. The van der Waals surface area contributed by atoms with Gasteiger partial charge in [0.25, 0.3) is 0 Å². The van der Waals surface area contributed by atoms with Crippen molar-refractivity contribution in [2.75, 3.05) is 13.2 Å². The monoisotopic (exact) mass is 244 g/mol. The lowest BCUT2D eigenvalue weighted by molar-refractivity contribution is -0.123. The molecule has 0 aliphatic rings. The van der Waals surface area contributed by atoms with Gasteiger partial charge in [-0.15, -0.1) is 0 Å². The summed E-state index contributed by atoms with van der Waals surface area (Å²) in [6.07, 6.45) is 1.42. The van der Waals surface area contributed by atoms with Crippen molar-refractivity contribution in [2.24, 2.45) is 23.5 Å². The third kappa shape index (κ3) is 7.34. The number of aliphatic hydroxyl groups is 1. The molecule has 0 aromatic rings. The highest BCUT2D eigenvalue weighted by molar-refractivity contribution is 5.76. The summed E-state index contributed by atoms with van der Waals surface area (Å²) in [5.74, 6) is 1.02. The standard InChI is InChI=1S/C13H28N2O2/c1-9(2)5-11(7-14)6-13(17)15-12(8-16)10(3)4/h9-12,16H,5-8,14H2,1-4H3,(H,15,17)/t11-,12+/m0/s1. The average Bonchev–Trinajstić information content (AvgIpc) is 2.23. The molecule has 0 aromatic heterocycles. The molecule has 0 saturated heterocycles. The van der Waals surface area contributed by atoms with Crippen LogP contribution >= 0.6 is 0 Å². The summed E-state index contributed by atoms with van der Waals surface area (Å²) in [7, 11) is 0. The van der Waals surface area contributed by atoms with E-state index in [0.717, 1.165) is 6.42 Å². The minimum Gasteiger partial charge on any atom is -0.394 e. The molecule has 0 heterocycles. The third-order valence-corrected chi connectivity index (χ3v) is 2.96. The zero-order chi connectivity index (χ0) is 13.4. The predicted octanol–water partition coefficient (Wildman–Crippen LogP) is 1.13. The molecule has 4 N–H and O–H groups in total. The van der Waals surface area contributed by atoms with E-state index in [2.05, 4.69) is 19.2 Å². The number of carbonyl (C=O) groups is 1. The van der Waals surface area contributed by atoms with E-state index in [9.17, 15) is 4.79 Å². The van der Waals surface area contributed by atoms with Crippen LogP contribution in [-0.2, 0) is 4.79 Å². The van der Waals surface area contributed by atoms with Crippen LogP contribution in [0, 0.1) is 17.8 Å². The quantitative estimate of drug-likeness (QED) is 0.599. The van der Waals surface area contributed by atoms with Crippen molar-refractivity contribution in [3.63, 3.8) is 0 Å². The lowest BCUT2D eigenvalue weighted by Crippen LogP contribution is -2.42. The Balaban J connectivity index is 4.13. The SMILES string of the molecule is CC(C)C[C@H](CN)CC(=O)N[C@H](CO)C(C)C. The fourth-order valence-electron chi connectivity index (χ4n) is 1.88. The number of hydrogen-bond acceptors (Lipinski definition) is 3. The number of rotatable bonds is 8. The van der Waals surface area contributed by atoms with Crippen LogP contribution in [0.4, 0.5) is 0 Å². The predicted molar refractivity (Wildman–Crippen MR) is 70.5 cm³/mol. The van der Waals surface area contributed by atoms with Crippen molar-refractivity contribution in [1.29, 1.82) is 0 Å². The van der Waals surface area contributed by atoms with Crippen molar-refractivity contribution >= 4 is 5.91 Å². The number of amides is 1. The van der Waals surface area contributed by atoms with E-state index in [-0.39, 0.29) is 30.4 Å². The molecule has 0 bridgehead atoms. The zero-order valence-electron chi connectivity index (χ0n) is 11.6. The fraction of sp³-hybridized carbons (Fsp3) is 0.923. The minimum absolute atomic E-state index is 0.00569. The number of carbonyl (C=O) groups excluding carboxylic acids is 1. The molecule has 0 aliphatic heterocycles. The van der Waals surface area contributed by atoms with Crippen molar-refractivity contribution in [1.82, 2.24) is 5.32 Å². The molecule has 0 radical (unpaired) electrons. The molecule has 0 aliphatic carbocycles. The first-order valence-corrected chi connectivity index (χ1v) is 6.50. The molecule has 0 aromatic carbocycles. The molecule has 0 fully saturated rings. The molecule has 0 unspecified atom stereocenters. The molecule has 4 nitrogen and oxygen atoms in total. The van der Waals surface area contributed by atoms with Crippen LogP contribution in [0.5, 0.6) is 0 Å². The Bertz CT molecular complexity index is 217. The summed E-state index contributed by atoms with van der Waals surface area (Å²) in [5.41, 5.74) is 5.66. The van der Waals surface area contributed by atoms with Crippen LogP contribution in [0.15, 0.2) is 0 Å². The Labute approximate surface area is 105 Å². The van der Waals surface area contributed by atoms with Gasteiger partial charge in [-0.2, -0.15) is 0 Å². The average molecular weight is 244 g/mol. The van der Waals surface area contributed by atoms with E-state index < -0.39 is 0 Å². The highest BCUT2D eigenvalue weighted by Crippen LogP contribution is 2.14. The molecule has 4 heteroatoms. The lowest BCUT2D eigenvalue weighted by Gasteiger charge is -2.22. The molecule has 102 valence electrons. The second-order valence-corrected chi connectivity index (χ2v) is 5.54. The number of hydrogen-bond donors (Lipinski definition) is 3. The molecular formula is C13H28N2O2. The molecule has 0 saturated carbocycles. The second-order valence-electron chi connectivity index (χ2n) is 5.54. The fourth-order valence-corrected chi connectivity index (χ4v) is 1.88. The molecule has 1 amide bonds. The third-order valence-electron chi connectivity index (χ3n) is 2.96. The first kappa shape index (κ1) is 16.4. The summed E-state index contributed by atoms with van der Waals surface area (Å²) in [5, 5.41) is 12.0. The smallest absolute Gasteiger partial charge is 0.220 e. The maximum Gasteiger partial charge on any atom is 0.220 e. The highest BCUT2D eigenvalue weighted by Gasteiger charge is 2.18. The Morgan fingerprint density at radius 2 is 1.88 bits per heavy atom. The van der Waals surface area contributed by atoms with E-state index >= 15 is 0 Å². The summed E-state index contributed by atoms with van der Waals surface area (Å²) < 4.78 is 0. The van der Waals surface area contributed by atoms with Gasteiger partial charge in [0.05, 0.1) is 12.6 Å². The van der Waals surface area contributed by atoms with Gasteiger partial charge in [-0.05, 0) is 30.7 Å². The Morgan fingerprint density at radius 3 is 2.24 bits per heavy atom. The van der Waals surface area contributed by atoms with Crippen molar-refractivity contribution in [2.45, 2.75) is 46.6 Å². The van der Waals surface area contributed by atoms with E-state index in [1.807, 2.05) is 13.8 Å². The Morgan fingerprint density at radius 1 is 1.29 bits per heavy atom. The van der Waals surface area contributed by atoms with E-state index in [0.29, 0.717) is 18.9 Å². The molecule has 0 rings (SSSR count). The van der Waals surface area contributed by atoms with Gasteiger partial charge in [-0.3, -0.25) is 4.79 Å². The molecular weight excluding hydrogens is 216 g/mol. The summed E-state index contributed by atoms with van der Waals surface area (Å²) in [6, 6.07) is -0.153. The van der Waals surface area contributed by atoms with Crippen LogP contribution in [0.3, 0.4) is 0 Å². The van der Waals surface area contributed by atoms with Gasteiger partial charge in [0.15, 0.2) is 0 Å². The van der Waals surface area contributed by atoms with Crippen LogP contribution in [-0.4, -0.2) is 30.2 Å². The summed E-state index contributed by atoms with van der Waals surface area (Å²) >= 11 is 0. The number of nitrogens with two attached hydrogens (primary N) is 1. The molecule has 2 atom stereocenters. The summed E-state index contributed by atoms with van der Waals surface area (Å²) in [4.78, 5) is 11.8. The number of aliphatic hydroxyl groups excluding tert-OH is 1. The van der Waals surface area contributed by atoms with Gasteiger partial charge in [0, 0.05) is 6.42 Å². The topological polar surface area (TPSA) is 75.4 Å². The lowest BCUT2D eigenvalue weighted by atomic mass is 9.93. The minimum atomic E-state index is -0.153. The normalized spacial score (nSPS) is 15.1. The Kier molecular flexibility index (Phi) is 8.17. The largest absolute Gasteiger partial charge is 0.394 e.